The summed E-state index contributed by atoms with van der Waals surface area (Å²) < 4.78 is 8.18. The van der Waals surface area contributed by atoms with E-state index < -0.39 is 17.4 Å². The number of nitrogens with zero attached hydrogens (tertiary/aromatic N) is 3. The maximum absolute atomic E-state index is 12.1. The Kier molecular flexibility index (Phi) is 4.32. The Hall–Kier alpha value is -3.07. The first kappa shape index (κ1) is 16.8. The van der Waals surface area contributed by atoms with Crippen molar-refractivity contribution in [3.8, 4) is 5.75 Å². The SMILES string of the molecule is Cc1ccccc1OCC(O)Cn1c(N)nc2c1c(=O)[nH]c(=O)n2C. The monoisotopic (exact) mass is 345 g/mol. The highest BCUT2D eigenvalue weighted by Gasteiger charge is 2.18. The number of fused-ring (bicyclic) bond motifs is 1. The van der Waals surface area contributed by atoms with E-state index in [4.69, 9.17) is 10.5 Å². The minimum Gasteiger partial charge on any atom is -0.491 e. The zero-order valence-electron chi connectivity index (χ0n) is 13.9. The summed E-state index contributed by atoms with van der Waals surface area (Å²) in [7, 11) is 1.48. The van der Waals surface area contributed by atoms with Crippen LogP contribution in [0.5, 0.6) is 5.75 Å². The number of nitrogens with two attached hydrogens (primary N) is 1. The summed E-state index contributed by atoms with van der Waals surface area (Å²) in [5.74, 6) is 0.710. The summed E-state index contributed by atoms with van der Waals surface area (Å²) in [6.07, 6.45) is -0.920. The molecule has 0 saturated heterocycles. The van der Waals surface area contributed by atoms with Crippen LogP contribution in [0.3, 0.4) is 0 Å². The number of nitrogen functional groups attached to an aromatic ring is 1. The van der Waals surface area contributed by atoms with Gasteiger partial charge < -0.3 is 20.1 Å². The smallest absolute Gasteiger partial charge is 0.329 e. The molecule has 1 atom stereocenters. The van der Waals surface area contributed by atoms with Gasteiger partial charge in [-0.15, -0.1) is 0 Å². The minimum absolute atomic E-state index is 0.00942. The fourth-order valence-corrected chi connectivity index (χ4v) is 2.60. The standard InChI is InChI=1S/C16H19N5O4/c1-9-5-3-4-6-11(9)25-8-10(22)7-21-12-13(18-15(21)17)20(2)16(24)19-14(12)23/h3-6,10,22H,7-8H2,1-2H3,(H2,17,18)(H,19,23,24). The van der Waals surface area contributed by atoms with Gasteiger partial charge in [0.2, 0.25) is 5.95 Å². The fraction of sp³-hybridized carbons (Fsp3) is 0.312. The number of nitrogens with one attached hydrogen (secondary N) is 1. The van der Waals surface area contributed by atoms with Crippen LogP contribution in [0.1, 0.15) is 5.56 Å². The largest absolute Gasteiger partial charge is 0.491 e. The van der Waals surface area contributed by atoms with Gasteiger partial charge in [-0.3, -0.25) is 14.3 Å². The Morgan fingerprint density at radius 3 is 2.80 bits per heavy atom. The molecule has 0 fully saturated rings. The molecule has 9 nitrogen and oxygen atoms in total. The van der Waals surface area contributed by atoms with E-state index in [1.165, 1.54) is 16.2 Å². The highest BCUT2D eigenvalue weighted by Crippen LogP contribution is 2.17. The maximum Gasteiger partial charge on any atom is 0.329 e. The number of hydrogen-bond acceptors (Lipinski definition) is 6. The van der Waals surface area contributed by atoms with Gasteiger partial charge in [-0.1, -0.05) is 18.2 Å². The maximum atomic E-state index is 12.1. The molecule has 0 saturated carbocycles. The molecule has 1 aromatic carbocycles. The lowest BCUT2D eigenvalue weighted by Crippen LogP contribution is -2.30. The Morgan fingerprint density at radius 1 is 1.36 bits per heavy atom. The average molecular weight is 345 g/mol. The Morgan fingerprint density at radius 2 is 2.08 bits per heavy atom. The Balaban J connectivity index is 1.84. The van der Waals surface area contributed by atoms with Crippen molar-refractivity contribution in [3.63, 3.8) is 0 Å². The lowest BCUT2D eigenvalue weighted by atomic mass is 10.2. The van der Waals surface area contributed by atoms with Crippen molar-refractivity contribution in [3.05, 3.63) is 50.7 Å². The first-order chi connectivity index (χ1) is 11.9. The van der Waals surface area contributed by atoms with Gasteiger partial charge in [0.05, 0.1) is 6.54 Å². The van der Waals surface area contributed by atoms with Crippen LogP contribution >= 0.6 is 0 Å². The summed E-state index contributed by atoms with van der Waals surface area (Å²) in [6.45, 7) is 1.94. The normalized spacial score (nSPS) is 12.4. The summed E-state index contributed by atoms with van der Waals surface area (Å²) in [5.41, 5.74) is 5.92. The Bertz CT molecular complexity index is 1030. The topological polar surface area (TPSA) is 128 Å². The van der Waals surface area contributed by atoms with Gasteiger partial charge >= 0.3 is 5.69 Å². The lowest BCUT2D eigenvalue weighted by Gasteiger charge is -2.15. The molecule has 25 heavy (non-hydrogen) atoms. The second-order valence-corrected chi connectivity index (χ2v) is 5.80. The van der Waals surface area contributed by atoms with Gasteiger partial charge in [-0.25, -0.2) is 4.79 Å². The van der Waals surface area contributed by atoms with Crippen LogP contribution in [0.4, 0.5) is 5.95 Å². The molecule has 0 bridgehead atoms. The van der Waals surface area contributed by atoms with Crippen molar-refractivity contribution < 1.29 is 9.84 Å². The van der Waals surface area contributed by atoms with E-state index in [0.29, 0.717) is 5.75 Å². The summed E-state index contributed by atoms with van der Waals surface area (Å²) in [5, 5.41) is 10.3. The van der Waals surface area contributed by atoms with Crippen LogP contribution in [0.25, 0.3) is 11.2 Å². The molecular formula is C16H19N5O4. The van der Waals surface area contributed by atoms with E-state index in [1.54, 1.807) is 0 Å². The van der Waals surface area contributed by atoms with Crippen LogP contribution in [0.15, 0.2) is 33.9 Å². The van der Waals surface area contributed by atoms with Crippen molar-refractivity contribution in [2.24, 2.45) is 7.05 Å². The Labute approximate surface area is 142 Å². The van der Waals surface area contributed by atoms with Gasteiger partial charge in [0.15, 0.2) is 11.2 Å². The predicted octanol–water partition coefficient (Wildman–Crippen LogP) is -0.246. The molecule has 0 aliphatic rings. The molecule has 9 heteroatoms. The van der Waals surface area contributed by atoms with Crippen molar-refractivity contribution in [2.75, 3.05) is 12.3 Å². The van der Waals surface area contributed by atoms with Gasteiger partial charge in [0.25, 0.3) is 5.56 Å². The summed E-state index contributed by atoms with van der Waals surface area (Å²) >= 11 is 0. The summed E-state index contributed by atoms with van der Waals surface area (Å²) in [4.78, 5) is 30.0. The van der Waals surface area contributed by atoms with Gasteiger partial charge in [0.1, 0.15) is 18.5 Å². The van der Waals surface area contributed by atoms with E-state index in [0.717, 1.165) is 5.56 Å². The molecule has 4 N–H and O–H groups in total. The number of para-hydroxylation sites is 1. The molecule has 3 aromatic rings. The van der Waals surface area contributed by atoms with Crippen LogP contribution in [0.2, 0.25) is 0 Å². The van der Waals surface area contributed by atoms with Crippen molar-refractivity contribution in [1.82, 2.24) is 19.1 Å². The quantitative estimate of drug-likeness (QED) is 0.585. The molecule has 2 aromatic heterocycles. The number of rotatable bonds is 5. The molecule has 0 aliphatic heterocycles. The van der Waals surface area contributed by atoms with Gasteiger partial charge in [-0.05, 0) is 18.6 Å². The van der Waals surface area contributed by atoms with E-state index in [9.17, 15) is 14.7 Å². The number of aliphatic hydroxyl groups is 1. The average Bonchev–Trinajstić information content (AvgIpc) is 2.89. The van der Waals surface area contributed by atoms with Crippen molar-refractivity contribution >= 4 is 17.1 Å². The highest BCUT2D eigenvalue weighted by atomic mass is 16.5. The molecular weight excluding hydrogens is 326 g/mol. The molecule has 2 heterocycles. The third-order valence-corrected chi connectivity index (χ3v) is 3.95. The number of benzene rings is 1. The first-order valence-electron chi connectivity index (χ1n) is 7.70. The summed E-state index contributed by atoms with van der Waals surface area (Å²) in [6, 6.07) is 7.45. The van der Waals surface area contributed by atoms with Gasteiger partial charge in [-0.2, -0.15) is 4.98 Å². The third-order valence-electron chi connectivity index (χ3n) is 3.95. The first-order valence-corrected chi connectivity index (χ1v) is 7.70. The number of aromatic nitrogens is 4. The van der Waals surface area contributed by atoms with Gasteiger partial charge in [0, 0.05) is 7.05 Å². The lowest BCUT2D eigenvalue weighted by molar-refractivity contribution is 0.0935. The number of aliphatic hydroxyl groups excluding tert-OH is 1. The number of aromatic amines is 1. The van der Waals surface area contributed by atoms with Crippen LogP contribution in [-0.4, -0.2) is 36.9 Å². The number of anilines is 1. The van der Waals surface area contributed by atoms with Crippen LogP contribution in [-0.2, 0) is 13.6 Å². The minimum atomic E-state index is -0.920. The number of ether oxygens (including phenoxy) is 1. The second kappa shape index (κ2) is 6.44. The number of hydrogen-bond donors (Lipinski definition) is 3. The molecule has 0 amide bonds. The number of aryl methyl sites for hydroxylation is 2. The van der Waals surface area contributed by atoms with Crippen LogP contribution < -0.4 is 21.7 Å². The molecule has 3 rings (SSSR count). The second-order valence-electron chi connectivity index (χ2n) is 5.80. The number of H-pyrrole nitrogens is 1. The highest BCUT2D eigenvalue weighted by molar-refractivity contribution is 5.73. The zero-order valence-corrected chi connectivity index (χ0v) is 13.9. The van der Waals surface area contributed by atoms with Crippen molar-refractivity contribution in [1.29, 1.82) is 0 Å². The molecule has 132 valence electrons. The molecule has 0 aliphatic carbocycles. The fourth-order valence-electron chi connectivity index (χ4n) is 2.60. The van der Waals surface area contributed by atoms with E-state index in [-0.39, 0.29) is 30.3 Å². The van der Waals surface area contributed by atoms with E-state index >= 15 is 0 Å². The van der Waals surface area contributed by atoms with E-state index in [2.05, 4.69) is 9.97 Å². The number of imidazole rings is 1. The zero-order chi connectivity index (χ0) is 18.1. The molecule has 1 unspecified atom stereocenters. The molecule has 0 radical (unpaired) electrons. The third kappa shape index (κ3) is 3.13. The van der Waals surface area contributed by atoms with Crippen molar-refractivity contribution in [2.45, 2.75) is 19.6 Å². The molecule has 0 spiro atoms. The van der Waals surface area contributed by atoms with Crippen LogP contribution in [0, 0.1) is 6.92 Å². The predicted molar refractivity (Wildman–Crippen MR) is 92.7 cm³/mol. The van der Waals surface area contributed by atoms with E-state index in [1.807, 2.05) is 31.2 Å².